The highest BCUT2D eigenvalue weighted by molar-refractivity contribution is 6.38. The number of nitrogens with zero attached hydrogens (tertiary/aromatic N) is 1. The third-order valence-corrected chi connectivity index (χ3v) is 6.54. The van der Waals surface area contributed by atoms with Gasteiger partial charge in [0.05, 0.1) is 22.5 Å². The molecule has 5 rings (SSSR count). The van der Waals surface area contributed by atoms with Gasteiger partial charge in [-0.15, -0.1) is 0 Å². The zero-order chi connectivity index (χ0) is 15.2. The van der Waals surface area contributed by atoms with E-state index in [4.69, 9.17) is 23.2 Å². The highest BCUT2D eigenvalue weighted by Crippen LogP contribution is 2.73. The van der Waals surface area contributed by atoms with Gasteiger partial charge < -0.3 is 0 Å². The maximum Gasteiger partial charge on any atom is 0.238 e. The lowest BCUT2D eigenvalue weighted by Crippen LogP contribution is -2.34. The molecule has 1 aromatic rings. The van der Waals surface area contributed by atoms with Gasteiger partial charge in [-0.3, -0.25) is 9.59 Å². The van der Waals surface area contributed by atoms with Crippen LogP contribution in [0.2, 0.25) is 10.0 Å². The lowest BCUT2D eigenvalue weighted by atomic mass is 9.85. The summed E-state index contributed by atoms with van der Waals surface area (Å²) >= 11 is 12.1. The first-order valence-corrected chi connectivity index (χ1v) is 8.31. The largest absolute Gasteiger partial charge is 0.274 e. The van der Waals surface area contributed by atoms with Gasteiger partial charge in [-0.1, -0.05) is 35.4 Å². The zero-order valence-electron chi connectivity index (χ0n) is 11.6. The second-order valence-electron chi connectivity index (χ2n) is 6.83. The minimum atomic E-state index is -0.197. The molecule has 3 aliphatic carbocycles. The number of hydrogen-bond donors (Lipinski definition) is 0. The lowest BCUT2D eigenvalue weighted by Gasteiger charge is -2.22. The van der Waals surface area contributed by atoms with Crippen LogP contribution in [0.3, 0.4) is 0 Å². The molecule has 2 saturated carbocycles. The molecular formula is C17H13Cl2NO2. The Kier molecular flexibility index (Phi) is 2.36. The van der Waals surface area contributed by atoms with Gasteiger partial charge in [0.25, 0.3) is 0 Å². The van der Waals surface area contributed by atoms with E-state index in [0.29, 0.717) is 15.7 Å². The summed E-state index contributed by atoms with van der Waals surface area (Å²) in [5.74, 6) is -0.122. The van der Waals surface area contributed by atoms with Gasteiger partial charge in [-0.25, -0.2) is 4.90 Å². The first-order valence-electron chi connectivity index (χ1n) is 7.56. The molecule has 4 aliphatic rings. The highest BCUT2D eigenvalue weighted by atomic mass is 35.5. The van der Waals surface area contributed by atoms with E-state index in [1.54, 1.807) is 18.2 Å². The van der Waals surface area contributed by atoms with Gasteiger partial charge in [-0.2, -0.15) is 0 Å². The zero-order valence-corrected chi connectivity index (χ0v) is 13.1. The molecule has 1 aromatic carbocycles. The third-order valence-electron chi connectivity index (χ3n) is 6.00. The number of fused-ring (bicyclic) bond motifs is 3. The molecular weight excluding hydrogens is 321 g/mol. The molecule has 2 amide bonds. The number of carbonyl (C=O) groups excluding carboxylic acids is 2. The van der Waals surface area contributed by atoms with Gasteiger partial charge in [0.1, 0.15) is 0 Å². The van der Waals surface area contributed by atoms with E-state index in [-0.39, 0.29) is 40.9 Å². The molecule has 0 N–H and O–H groups in total. The topological polar surface area (TPSA) is 37.4 Å². The Hall–Kier alpha value is -1.32. The van der Waals surface area contributed by atoms with Crippen LogP contribution in [0.5, 0.6) is 0 Å². The number of carbonyl (C=O) groups is 2. The number of allylic oxidation sites excluding steroid dienone is 2. The SMILES string of the molecule is O=C1[C@H]2[C@H](C(=O)N1c1ccc(Cl)cc1Cl)[C@@H]1C=C[C@H]2C12CC2. The quantitative estimate of drug-likeness (QED) is 0.580. The van der Waals surface area contributed by atoms with Crippen molar-refractivity contribution in [2.75, 3.05) is 4.90 Å². The lowest BCUT2D eigenvalue weighted by molar-refractivity contribution is -0.123. The molecule has 22 heavy (non-hydrogen) atoms. The fourth-order valence-corrected chi connectivity index (χ4v) is 5.47. The van der Waals surface area contributed by atoms with E-state index >= 15 is 0 Å². The Morgan fingerprint density at radius 2 is 1.59 bits per heavy atom. The van der Waals surface area contributed by atoms with Gasteiger partial charge in [0, 0.05) is 5.02 Å². The fourth-order valence-electron chi connectivity index (χ4n) is 4.98. The summed E-state index contributed by atoms with van der Waals surface area (Å²) in [5.41, 5.74) is 0.677. The Morgan fingerprint density at radius 1 is 1.00 bits per heavy atom. The Labute approximate surface area is 137 Å². The maximum atomic E-state index is 12.9. The monoisotopic (exact) mass is 333 g/mol. The molecule has 3 fully saturated rings. The van der Waals surface area contributed by atoms with E-state index in [0.717, 1.165) is 12.8 Å². The normalized spacial score (nSPS) is 36.5. The van der Waals surface area contributed by atoms with E-state index < -0.39 is 0 Å². The first kappa shape index (κ1) is 13.1. The van der Waals surface area contributed by atoms with Crippen LogP contribution >= 0.6 is 23.2 Å². The molecule has 1 saturated heterocycles. The fraction of sp³-hybridized carbons (Fsp3) is 0.412. The van der Waals surface area contributed by atoms with Crippen molar-refractivity contribution < 1.29 is 9.59 Å². The molecule has 1 heterocycles. The standard InChI is InChI=1S/C17H13Cl2NO2/c18-8-1-4-12(11(19)7-8)20-15(21)13-9-2-3-10(14(13)16(20)22)17(9)5-6-17/h1-4,7,9-10,13-14H,5-6H2/t9-,10+,13-,14-/m1/s1. The summed E-state index contributed by atoms with van der Waals surface area (Å²) in [6, 6.07) is 4.89. The predicted octanol–water partition coefficient (Wildman–Crippen LogP) is 3.70. The third kappa shape index (κ3) is 1.35. The molecule has 1 spiro atoms. The van der Waals surface area contributed by atoms with Crippen molar-refractivity contribution >= 4 is 40.7 Å². The summed E-state index contributed by atoms with van der Waals surface area (Å²) < 4.78 is 0. The Bertz CT molecular complexity index is 734. The van der Waals surface area contributed by atoms with Gasteiger partial charge in [0.15, 0.2) is 0 Å². The van der Waals surface area contributed by atoms with Crippen LogP contribution < -0.4 is 4.90 Å². The van der Waals surface area contributed by atoms with Crippen LogP contribution in [-0.4, -0.2) is 11.8 Å². The molecule has 2 bridgehead atoms. The average molecular weight is 334 g/mol. The molecule has 5 heteroatoms. The summed E-state index contributed by atoms with van der Waals surface area (Å²) in [7, 11) is 0. The number of amides is 2. The van der Waals surface area contributed by atoms with Crippen molar-refractivity contribution in [3.05, 3.63) is 40.4 Å². The number of rotatable bonds is 1. The minimum absolute atomic E-state index is 0.0950. The smallest absolute Gasteiger partial charge is 0.238 e. The van der Waals surface area contributed by atoms with E-state index in [1.165, 1.54) is 4.90 Å². The van der Waals surface area contributed by atoms with Crippen LogP contribution in [-0.2, 0) is 9.59 Å². The average Bonchev–Trinajstić information content (AvgIpc) is 3.07. The molecule has 4 atom stereocenters. The van der Waals surface area contributed by atoms with Crippen molar-refractivity contribution in [2.45, 2.75) is 12.8 Å². The summed E-state index contributed by atoms with van der Waals surface area (Å²) in [6.07, 6.45) is 6.61. The summed E-state index contributed by atoms with van der Waals surface area (Å²) in [4.78, 5) is 27.1. The molecule has 0 radical (unpaired) electrons. The molecule has 3 nitrogen and oxygen atoms in total. The second kappa shape index (κ2) is 3.95. The number of anilines is 1. The van der Waals surface area contributed by atoms with Gasteiger partial charge in [-0.05, 0) is 48.3 Å². The predicted molar refractivity (Wildman–Crippen MR) is 83.7 cm³/mol. The number of imide groups is 1. The van der Waals surface area contributed by atoms with Crippen molar-refractivity contribution in [3.63, 3.8) is 0 Å². The van der Waals surface area contributed by atoms with Crippen molar-refractivity contribution in [1.29, 1.82) is 0 Å². The van der Waals surface area contributed by atoms with Crippen LogP contribution in [0.25, 0.3) is 0 Å². The summed E-state index contributed by atoms with van der Waals surface area (Å²) in [5, 5.41) is 0.835. The van der Waals surface area contributed by atoms with Crippen molar-refractivity contribution in [1.82, 2.24) is 0 Å². The van der Waals surface area contributed by atoms with Gasteiger partial charge in [0.2, 0.25) is 11.8 Å². The van der Waals surface area contributed by atoms with Crippen LogP contribution in [0.15, 0.2) is 30.4 Å². The van der Waals surface area contributed by atoms with E-state index in [1.807, 2.05) is 0 Å². The maximum absolute atomic E-state index is 12.9. The van der Waals surface area contributed by atoms with Crippen molar-refractivity contribution in [2.24, 2.45) is 29.1 Å². The molecule has 112 valence electrons. The Morgan fingerprint density at radius 3 is 2.09 bits per heavy atom. The first-order chi connectivity index (χ1) is 10.5. The number of hydrogen-bond acceptors (Lipinski definition) is 2. The molecule has 0 unspecified atom stereocenters. The number of halogens is 2. The van der Waals surface area contributed by atoms with Gasteiger partial charge >= 0.3 is 0 Å². The van der Waals surface area contributed by atoms with Crippen LogP contribution in [0, 0.1) is 29.1 Å². The minimum Gasteiger partial charge on any atom is -0.274 e. The molecule has 0 aromatic heterocycles. The van der Waals surface area contributed by atoms with Crippen molar-refractivity contribution in [3.8, 4) is 0 Å². The van der Waals surface area contributed by atoms with Crippen LogP contribution in [0.4, 0.5) is 5.69 Å². The highest BCUT2D eigenvalue weighted by Gasteiger charge is 2.73. The van der Waals surface area contributed by atoms with E-state index in [2.05, 4.69) is 12.2 Å². The van der Waals surface area contributed by atoms with E-state index in [9.17, 15) is 9.59 Å². The summed E-state index contributed by atoms with van der Waals surface area (Å²) in [6.45, 7) is 0. The molecule has 1 aliphatic heterocycles. The van der Waals surface area contributed by atoms with Crippen LogP contribution in [0.1, 0.15) is 12.8 Å². The number of benzene rings is 1. The Balaban J connectivity index is 1.59. The second-order valence-corrected chi connectivity index (χ2v) is 7.67.